The van der Waals surface area contributed by atoms with Crippen molar-refractivity contribution in [2.24, 2.45) is 0 Å². The number of rotatable bonds is 3. The van der Waals surface area contributed by atoms with Crippen molar-refractivity contribution in [3.8, 4) is 33.4 Å². The molecule has 0 saturated carbocycles. The maximum absolute atomic E-state index is 8.74. The molecule has 6 aromatic carbocycles. The highest BCUT2D eigenvalue weighted by Crippen LogP contribution is 2.46. The predicted molar refractivity (Wildman–Crippen MR) is 148 cm³/mol. The highest BCUT2D eigenvalue weighted by molar-refractivity contribution is 6.23. The fraction of sp³-hybridized carbons (Fsp3) is 0. The lowest BCUT2D eigenvalue weighted by Crippen LogP contribution is -1.90. The van der Waals surface area contributed by atoms with E-state index in [9.17, 15) is 0 Å². The Balaban J connectivity index is 1.61. The second kappa shape index (κ2) is 8.00. The van der Waals surface area contributed by atoms with Crippen LogP contribution in [0.3, 0.4) is 0 Å². The van der Waals surface area contributed by atoms with Gasteiger partial charge in [0, 0.05) is 16.5 Å². The van der Waals surface area contributed by atoms with Crippen LogP contribution in [0.2, 0.25) is 0 Å². The molecule has 164 valence electrons. The number of hydrogen-bond acceptors (Lipinski definition) is 1. The number of furan rings is 1. The Morgan fingerprint density at radius 1 is 0.486 bits per heavy atom. The lowest BCUT2D eigenvalue weighted by atomic mass is 9.86. The van der Waals surface area contributed by atoms with Gasteiger partial charge in [-0.3, -0.25) is 0 Å². The van der Waals surface area contributed by atoms with Crippen LogP contribution in [0, 0.1) is 0 Å². The molecule has 1 heterocycles. The average molecular weight is 452 g/mol. The van der Waals surface area contributed by atoms with E-state index in [0.29, 0.717) is 5.56 Å². The van der Waals surface area contributed by atoms with Gasteiger partial charge in [0.25, 0.3) is 0 Å². The molecule has 1 heteroatoms. The smallest absolute Gasteiger partial charge is 0.134 e. The standard InChI is InChI=1S/C34H22O/c1-3-11-23(12-4-1)25-19-20-32-30(21-25)31(22-35-32)34-28-17-9-7-15-26(28)33(24-13-5-2-6-14-24)27-16-8-10-18-29(27)34/h1-22H/i2D,5D,6D,13D,14D. The van der Waals surface area contributed by atoms with E-state index in [2.05, 4.69) is 24.3 Å². The minimum Gasteiger partial charge on any atom is -0.464 e. The Kier molecular flexibility index (Phi) is 3.50. The summed E-state index contributed by atoms with van der Waals surface area (Å²) in [6.07, 6.45) is 1.79. The molecule has 0 fully saturated rings. The van der Waals surface area contributed by atoms with Crippen LogP contribution >= 0.6 is 0 Å². The Morgan fingerprint density at radius 3 is 1.74 bits per heavy atom. The van der Waals surface area contributed by atoms with E-state index in [1.165, 1.54) is 0 Å². The van der Waals surface area contributed by atoms with Gasteiger partial charge in [0.15, 0.2) is 0 Å². The van der Waals surface area contributed by atoms with Crippen molar-refractivity contribution >= 4 is 32.5 Å². The average Bonchev–Trinajstić information content (AvgIpc) is 3.42. The molecule has 0 saturated heterocycles. The van der Waals surface area contributed by atoms with Gasteiger partial charge in [-0.2, -0.15) is 0 Å². The third-order valence-electron chi connectivity index (χ3n) is 6.63. The summed E-state index contributed by atoms with van der Waals surface area (Å²) in [6.45, 7) is 0. The quantitative estimate of drug-likeness (QED) is 0.244. The van der Waals surface area contributed by atoms with Crippen molar-refractivity contribution in [2.45, 2.75) is 0 Å². The third kappa shape index (κ3) is 3.17. The lowest BCUT2D eigenvalue weighted by Gasteiger charge is -2.17. The molecule has 1 nitrogen and oxygen atoms in total. The molecule has 0 aliphatic rings. The van der Waals surface area contributed by atoms with Gasteiger partial charge in [0.2, 0.25) is 0 Å². The summed E-state index contributed by atoms with van der Waals surface area (Å²) in [4.78, 5) is 0. The van der Waals surface area contributed by atoms with Gasteiger partial charge in [-0.15, -0.1) is 0 Å². The van der Waals surface area contributed by atoms with Crippen LogP contribution in [0.1, 0.15) is 6.85 Å². The van der Waals surface area contributed by atoms with Crippen molar-refractivity contribution < 1.29 is 11.3 Å². The normalized spacial score (nSPS) is 13.4. The van der Waals surface area contributed by atoms with Gasteiger partial charge in [0.05, 0.1) is 13.1 Å². The van der Waals surface area contributed by atoms with E-state index in [0.717, 1.165) is 54.8 Å². The Morgan fingerprint density at radius 2 is 1.09 bits per heavy atom. The topological polar surface area (TPSA) is 13.1 Å². The van der Waals surface area contributed by atoms with Crippen molar-refractivity contribution in [2.75, 3.05) is 0 Å². The van der Waals surface area contributed by atoms with Gasteiger partial charge in [-0.1, -0.05) is 115 Å². The van der Waals surface area contributed by atoms with Crippen LogP contribution < -0.4 is 0 Å². The molecule has 0 aliphatic carbocycles. The van der Waals surface area contributed by atoms with Gasteiger partial charge >= 0.3 is 0 Å². The minimum absolute atomic E-state index is 0.202. The molecule has 0 atom stereocenters. The van der Waals surface area contributed by atoms with E-state index in [-0.39, 0.29) is 29.7 Å². The molecule has 0 radical (unpaired) electrons. The Hall–Kier alpha value is -4.62. The molecule has 35 heavy (non-hydrogen) atoms. The minimum atomic E-state index is -0.400. The summed E-state index contributed by atoms with van der Waals surface area (Å²) in [5.41, 5.74) is 5.72. The molecule has 0 bridgehead atoms. The first-order valence-electron chi connectivity index (χ1n) is 14.0. The van der Waals surface area contributed by atoms with E-state index in [1.54, 1.807) is 6.26 Å². The van der Waals surface area contributed by atoms with Crippen LogP contribution in [-0.2, 0) is 0 Å². The first-order valence-corrected chi connectivity index (χ1v) is 11.5. The zero-order valence-electron chi connectivity index (χ0n) is 23.7. The van der Waals surface area contributed by atoms with Crippen molar-refractivity contribution in [1.82, 2.24) is 0 Å². The monoisotopic (exact) mass is 451 g/mol. The van der Waals surface area contributed by atoms with Crippen LogP contribution in [0.4, 0.5) is 0 Å². The fourth-order valence-corrected chi connectivity index (χ4v) is 5.10. The van der Waals surface area contributed by atoms with Gasteiger partial charge in [-0.05, 0) is 55.9 Å². The second-order valence-corrected chi connectivity index (χ2v) is 8.57. The highest BCUT2D eigenvalue weighted by atomic mass is 16.3. The maximum atomic E-state index is 8.74. The summed E-state index contributed by atoms with van der Waals surface area (Å²) >= 11 is 0. The van der Waals surface area contributed by atoms with Crippen molar-refractivity contribution in [3.05, 3.63) is 134 Å². The first kappa shape index (κ1) is 15.3. The van der Waals surface area contributed by atoms with Crippen LogP contribution in [0.15, 0.2) is 138 Å². The zero-order valence-corrected chi connectivity index (χ0v) is 18.7. The Labute approximate surface area is 210 Å². The fourth-order valence-electron chi connectivity index (χ4n) is 5.10. The molecular formula is C34H22O. The molecular weight excluding hydrogens is 424 g/mol. The molecule has 1 aromatic heterocycles. The van der Waals surface area contributed by atoms with Gasteiger partial charge in [0.1, 0.15) is 5.58 Å². The molecule has 0 spiro atoms. The SMILES string of the molecule is [2H]c1c([2H])c([2H])c(-c2c3ccccc3c(-c3coc4ccc(-c5ccccc5)cc34)c3ccccc23)c([2H])c1[2H]. The van der Waals surface area contributed by atoms with Crippen molar-refractivity contribution in [3.63, 3.8) is 0 Å². The maximum Gasteiger partial charge on any atom is 0.134 e. The lowest BCUT2D eigenvalue weighted by molar-refractivity contribution is 0.617. The van der Waals surface area contributed by atoms with Crippen LogP contribution in [-0.4, -0.2) is 0 Å². The summed E-state index contributed by atoms with van der Waals surface area (Å²) in [5.74, 6) is 0. The number of hydrogen-bond donors (Lipinski definition) is 0. The van der Waals surface area contributed by atoms with Crippen LogP contribution in [0.25, 0.3) is 65.9 Å². The van der Waals surface area contributed by atoms with E-state index >= 15 is 0 Å². The summed E-state index contributed by atoms with van der Waals surface area (Å²) in [7, 11) is 0. The second-order valence-electron chi connectivity index (χ2n) is 8.57. The summed E-state index contributed by atoms with van der Waals surface area (Å²) < 4.78 is 48.3. The largest absolute Gasteiger partial charge is 0.464 e. The van der Waals surface area contributed by atoms with E-state index < -0.39 is 6.04 Å². The highest BCUT2D eigenvalue weighted by Gasteiger charge is 2.19. The van der Waals surface area contributed by atoms with E-state index in [4.69, 9.17) is 11.3 Å². The summed E-state index contributed by atoms with van der Waals surface area (Å²) in [6, 6.07) is 30.6. The summed E-state index contributed by atoms with van der Waals surface area (Å²) in [5, 5.41) is 4.42. The molecule has 0 N–H and O–H groups in total. The van der Waals surface area contributed by atoms with Crippen molar-refractivity contribution in [1.29, 1.82) is 0 Å². The predicted octanol–water partition coefficient (Wildman–Crippen LogP) is 9.74. The Bertz CT molecular complexity index is 2030. The number of fused-ring (bicyclic) bond motifs is 3. The van der Waals surface area contributed by atoms with E-state index in [1.807, 2.05) is 72.8 Å². The zero-order chi connectivity index (χ0) is 27.5. The van der Waals surface area contributed by atoms with Gasteiger partial charge < -0.3 is 4.42 Å². The molecule has 0 unspecified atom stereocenters. The molecule has 7 rings (SSSR count). The first-order chi connectivity index (χ1) is 19.5. The molecule has 0 amide bonds. The van der Waals surface area contributed by atoms with Crippen LogP contribution in [0.5, 0.6) is 0 Å². The number of benzene rings is 6. The molecule has 0 aliphatic heterocycles. The molecule has 7 aromatic rings. The van der Waals surface area contributed by atoms with Gasteiger partial charge in [-0.25, -0.2) is 0 Å². The third-order valence-corrected chi connectivity index (χ3v) is 6.63.